The molecule has 2 heterocycles. The largest absolute Gasteiger partial charge is 0.490 e. The average Bonchev–Trinajstić information content (AvgIpc) is 3.08. The van der Waals surface area contributed by atoms with Gasteiger partial charge >= 0.3 is 6.09 Å². The molecule has 2 bridgehead atoms. The SMILES string of the molecule is Cc1cc(Cl)c(OCCOc2ccc(C3=C(C(=O)N(C)C[C@H](O)c4ccccc4)C4CNCC(C3)N4C(=O)OC(C)(C)C(Cl)(Cl)Cl)cc2)cc1C.Cl. The molecule has 0 aliphatic carbocycles. The molecule has 5 rings (SSSR count). The van der Waals surface area contributed by atoms with Gasteiger partial charge in [-0.3, -0.25) is 9.69 Å². The Labute approximate surface area is 331 Å². The molecule has 1 saturated heterocycles. The molecule has 52 heavy (non-hydrogen) atoms. The molecule has 14 heteroatoms. The Morgan fingerprint density at radius 2 is 1.62 bits per heavy atom. The van der Waals surface area contributed by atoms with Gasteiger partial charge in [0, 0.05) is 25.7 Å². The van der Waals surface area contributed by atoms with Gasteiger partial charge in [0.1, 0.15) is 24.7 Å². The van der Waals surface area contributed by atoms with Crippen molar-refractivity contribution in [3.05, 3.63) is 99.6 Å². The van der Waals surface area contributed by atoms with Crippen LogP contribution >= 0.6 is 58.8 Å². The van der Waals surface area contributed by atoms with Gasteiger partial charge in [-0.1, -0.05) is 88.9 Å². The summed E-state index contributed by atoms with van der Waals surface area (Å²) >= 11 is 24.8. The van der Waals surface area contributed by atoms with Crippen molar-refractivity contribution in [2.45, 2.75) is 61.7 Å². The summed E-state index contributed by atoms with van der Waals surface area (Å²) in [5, 5.41) is 14.9. The molecule has 1 fully saturated rings. The number of hydrogen-bond acceptors (Lipinski definition) is 7. The number of piperazine rings is 1. The van der Waals surface area contributed by atoms with Crippen molar-refractivity contribution < 1.29 is 28.9 Å². The fraction of sp³-hybridized carbons (Fsp3) is 0.421. The number of aliphatic hydroxyl groups is 1. The van der Waals surface area contributed by atoms with Crippen molar-refractivity contribution in [3.8, 4) is 11.5 Å². The topological polar surface area (TPSA) is 101 Å². The third-order valence-electron chi connectivity index (χ3n) is 9.35. The highest BCUT2D eigenvalue weighted by Crippen LogP contribution is 2.43. The lowest BCUT2D eigenvalue weighted by Crippen LogP contribution is -2.64. The molecule has 0 saturated carbocycles. The molecule has 0 aromatic heterocycles. The smallest absolute Gasteiger partial charge is 0.411 e. The van der Waals surface area contributed by atoms with Crippen molar-refractivity contribution in [1.82, 2.24) is 15.1 Å². The number of aliphatic hydroxyl groups excluding tert-OH is 1. The lowest BCUT2D eigenvalue weighted by Gasteiger charge is -2.48. The van der Waals surface area contributed by atoms with E-state index in [4.69, 9.17) is 60.6 Å². The second-order valence-corrected chi connectivity index (χ2v) is 16.1. The molecular formula is C38H44Cl5N3O6. The molecule has 3 aromatic rings. The Morgan fingerprint density at radius 1 is 0.981 bits per heavy atom. The predicted octanol–water partition coefficient (Wildman–Crippen LogP) is 8.11. The van der Waals surface area contributed by atoms with Crippen LogP contribution in [0.2, 0.25) is 5.02 Å². The molecule has 9 nitrogen and oxygen atoms in total. The first-order chi connectivity index (χ1) is 24.1. The van der Waals surface area contributed by atoms with E-state index < -0.39 is 27.6 Å². The summed E-state index contributed by atoms with van der Waals surface area (Å²) in [6, 6.07) is 19.4. The number of amides is 2. The summed E-state index contributed by atoms with van der Waals surface area (Å²) in [6.07, 6.45) is -1.25. The quantitative estimate of drug-likeness (QED) is 0.149. The first-order valence-corrected chi connectivity index (χ1v) is 18.2. The van der Waals surface area contributed by atoms with Crippen LogP contribution < -0.4 is 14.8 Å². The third kappa shape index (κ3) is 9.61. The van der Waals surface area contributed by atoms with E-state index in [2.05, 4.69) is 5.32 Å². The fourth-order valence-electron chi connectivity index (χ4n) is 6.20. The molecule has 2 aliphatic heterocycles. The van der Waals surface area contributed by atoms with E-state index in [9.17, 15) is 14.7 Å². The van der Waals surface area contributed by atoms with Gasteiger partial charge in [-0.05, 0) is 86.2 Å². The van der Waals surface area contributed by atoms with Gasteiger partial charge in [-0.2, -0.15) is 0 Å². The van der Waals surface area contributed by atoms with Gasteiger partial charge in [0.15, 0.2) is 5.60 Å². The number of halogens is 5. The van der Waals surface area contributed by atoms with Crippen LogP contribution in [-0.2, 0) is 9.53 Å². The molecule has 282 valence electrons. The number of ether oxygens (including phenoxy) is 3. The van der Waals surface area contributed by atoms with Crippen LogP contribution in [0, 0.1) is 13.8 Å². The summed E-state index contributed by atoms with van der Waals surface area (Å²) < 4.78 is 15.7. The standard InChI is InChI=1S/C38H43Cl4N3O6.ClH/c1-23-17-30(39)33(18-24(23)2)50-16-15-49-28-13-11-25(12-14-28)29-19-27-20-43-21-31(45(27)36(48)51-37(3,4)38(40,41)42)34(29)35(47)44(5)22-32(46)26-9-7-6-8-10-26;/h6-14,17-18,27,31-32,43,46H,15-16,19-22H2,1-5H3;1H/t27?,31?,32-;/m0./s1. The number of hydrogen-bond donors (Lipinski definition) is 2. The predicted molar refractivity (Wildman–Crippen MR) is 209 cm³/mol. The zero-order valence-corrected chi connectivity index (χ0v) is 33.5. The highest BCUT2D eigenvalue weighted by molar-refractivity contribution is 6.68. The molecule has 2 N–H and O–H groups in total. The zero-order valence-electron chi connectivity index (χ0n) is 29.6. The van der Waals surface area contributed by atoms with E-state index in [0.29, 0.717) is 60.4 Å². The number of carbonyl (C=O) groups excluding carboxylic acids is 2. The maximum atomic E-state index is 14.4. The molecule has 2 unspecified atom stereocenters. The molecule has 0 spiro atoms. The number of aryl methyl sites for hydroxylation is 2. The minimum atomic E-state index is -1.89. The van der Waals surface area contributed by atoms with E-state index in [1.54, 1.807) is 11.9 Å². The summed E-state index contributed by atoms with van der Waals surface area (Å²) in [7, 11) is 1.64. The van der Waals surface area contributed by atoms with Gasteiger partial charge in [-0.25, -0.2) is 4.79 Å². The van der Waals surface area contributed by atoms with Crippen LogP contribution in [0.4, 0.5) is 4.79 Å². The van der Waals surface area contributed by atoms with Gasteiger partial charge in [-0.15, -0.1) is 12.4 Å². The molecule has 3 aromatic carbocycles. The van der Waals surface area contributed by atoms with Gasteiger partial charge < -0.3 is 29.5 Å². The lowest BCUT2D eigenvalue weighted by molar-refractivity contribution is -0.128. The second kappa shape index (κ2) is 17.5. The summed E-state index contributed by atoms with van der Waals surface area (Å²) in [4.78, 5) is 31.3. The highest BCUT2D eigenvalue weighted by Gasteiger charge is 2.50. The summed E-state index contributed by atoms with van der Waals surface area (Å²) in [5.41, 5.74) is 3.44. The van der Waals surface area contributed by atoms with E-state index >= 15 is 0 Å². The molecule has 3 atom stereocenters. The van der Waals surface area contributed by atoms with E-state index in [1.165, 1.54) is 18.7 Å². The van der Waals surface area contributed by atoms with Gasteiger partial charge in [0.25, 0.3) is 5.91 Å². The lowest BCUT2D eigenvalue weighted by atomic mass is 9.82. The summed E-state index contributed by atoms with van der Waals surface area (Å²) in [6.45, 7) is 8.45. The minimum absolute atomic E-state index is 0. The minimum Gasteiger partial charge on any atom is -0.490 e. The maximum Gasteiger partial charge on any atom is 0.411 e. The Balaban J connectivity index is 0.00000605. The van der Waals surface area contributed by atoms with Crippen LogP contribution in [0.25, 0.3) is 5.57 Å². The third-order valence-corrected chi connectivity index (χ3v) is 11.0. The fourth-order valence-corrected chi connectivity index (χ4v) is 6.59. The Morgan fingerprint density at radius 3 is 2.27 bits per heavy atom. The molecule has 2 aliphatic rings. The van der Waals surface area contributed by atoms with Crippen LogP contribution in [-0.4, -0.2) is 88.3 Å². The first kappa shape index (κ1) is 41.9. The van der Waals surface area contributed by atoms with Crippen LogP contribution in [0.15, 0.2) is 72.3 Å². The normalized spacial score (nSPS) is 17.9. The number of nitrogens with zero attached hydrogens (tertiary/aromatic N) is 2. The van der Waals surface area contributed by atoms with Crippen LogP contribution in [0.3, 0.4) is 0 Å². The number of nitrogens with one attached hydrogen (secondary N) is 1. The summed E-state index contributed by atoms with van der Waals surface area (Å²) in [5.74, 6) is 0.908. The highest BCUT2D eigenvalue weighted by atomic mass is 35.6. The Bertz CT molecular complexity index is 1750. The van der Waals surface area contributed by atoms with Gasteiger partial charge in [0.05, 0.1) is 29.8 Å². The van der Waals surface area contributed by atoms with Crippen molar-refractivity contribution >= 4 is 76.4 Å². The molecule has 0 radical (unpaired) electrons. The zero-order chi connectivity index (χ0) is 37.1. The average molecular weight is 816 g/mol. The van der Waals surface area contributed by atoms with Crippen LogP contribution in [0.1, 0.15) is 48.6 Å². The van der Waals surface area contributed by atoms with E-state index in [-0.39, 0.29) is 30.9 Å². The number of likely N-dealkylation sites (N-methyl/N-ethyl adjacent to an activating group) is 1. The molecular weight excluding hydrogens is 772 g/mol. The van der Waals surface area contributed by atoms with Crippen molar-refractivity contribution in [1.29, 1.82) is 0 Å². The van der Waals surface area contributed by atoms with Crippen LogP contribution in [0.5, 0.6) is 11.5 Å². The Hall–Kier alpha value is -2.89. The first-order valence-electron chi connectivity index (χ1n) is 16.7. The van der Waals surface area contributed by atoms with E-state index in [1.807, 2.05) is 80.6 Å². The number of rotatable bonds is 11. The van der Waals surface area contributed by atoms with E-state index in [0.717, 1.165) is 22.3 Å². The number of carbonyl (C=O) groups is 2. The maximum absolute atomic E-state index is 14.4. The van der Waals surface area contributed by atoms with Crippen molar-refractivity contribution in [3.63, 3.8) is 0 Å². The van der Waals surface area contributed by atoms with Crippen molar-refractivity contribution in [2.75, 3.05) is 39.9 Å². The number of alkyl halides is 3. The molecule has 2 amide bonds. The monoisotopic (exact) mass is 813 g/mol. The number of benzene rings is 3. The number of fused-ring (bicyclic) bond motifs is 2. The Kier molecular flexibility index (Phi) is 14.1. The van der Waals surface area contributed by atoms with Gasteiger partial charge in [0.2, 0.25) is 3.79 Å². The van der Waals surface area contributed by atoms with Crippen molar-refractivity contribution in [2.24, 2.45) is 0 Å². The second-order valence-electron chi connectivity index (χ2n) is 13.4.